The molecule has 1 rings (SSSR count). The van der Waals surface area contributed by atoms with Crippen LogP contribution < -0.4 is 10.1 Å². The van der Waals surface area contributed by atoms with Crippen LogP contribution in [0.1, 0.15) is 25.1 Å². The summed E-state index contributed by atoms with van der Waals surface area (Å²) in [6.45, 7) is 5.96. The molecule has 102 valence electrons. The Bertz CT molecular complexity index is 396. The van der Waals surface area contributed by atoms with E-state index in [0.717, 1.165) is 19.0 Å². The highest BCUT2D eigenvalue weighted by Gasteiger charge is 2.38. The standard InChI is InChI=1S/C11H16F3N3O/c1-4-15-5-9-6-16-10(17-7(9)2)18-8(3)11(12,13)14/h6,8,15H,4-5H2,1-3H3. The van der Waals surface area contributed by atoms with E-state index in [9.17, 15) is 13.2 Å². The quantitative estimate of drug-likeness (QED) is 0.885. The van der Waals surface area contributed by atoms with Gasteiger partial charge in [0.15, 0.2) is 6.10 Å². The van der Waals surface area contributed by atoms with E-state index < -0.39 is 12.3 Å². The van der Waals surface area contributed by atoms with Crippen molar-refractivity contribution in [1.29, 1.82) is 0 Å². The van der Waals surface area contributed by atoms with Crippen molar-refractivity contribution < 1.29 is 17.9 Å². The van der Waals surface area contributed by atoms with Crippen molar-refractivity contribution >= 4 is 0 Å². The van der Waals surface area contributed by atoms with Crippen LogP contribution >= 0.6 is 0 Å². The van der Waals surface area contributed by atoms with E-state index in [4.69, 9.17) is 0 Å². The number of alkyl halides is 3. The van der Waals surface area contributed by atoms with Gasteiger partial charge in [-0.25, -0.2) is 9.97 Å². The highest BCUT2D eigenvalue weighted by molar-refractivity contribution is 5.17. The van der Waals surface area contributed by atoms with Gasteiger partial charge in [0.1, 0.15) is 0 Å². The Morgan fingerprint density at radius 3 is 2.61 bits per heavy atom. The smallest absolute Gasteiger partial charge is 0.425 e. The maximum Gasteiger partial charge on any atom is 0.425 e. The summed E-state index contributed by atoms with van der Waals surface area (Å²) in [6, 6.07) is -0.252. The first-order chi connectivity index (χ1) is 8.34. The molecule has 18 heavy (non-hydrogen) atoms. The fourth-order valence-electron chi connectivity index (χ4n) is 1.19. The average Bonchev–Trinajstić information content (AvgIpc) is 2.26. The molecular weight excluding hydrogens is 247 g/mol. The number of hydrogen-bond acceptors (Lipinski definition) is 4. The van der Waals surface area contributed by atoms with Gasteiger partial charge in [-0.3, -0.25) is 0 Å². The molecule has 0 saturated carbocycles. The maximum atomic E-state index is 12.3. The first-order valence-corrected chi connectivity index (χ1v) is 5.61. The second kappa shape index (κ2) is 5.99. The lowest BCUT2D eigenvalue weighted by atomic mass is 10.2. The van der Waals surface area contributed by atoms with E-state index in [1.165, 1.54) is 6.20 Å². The second-order valence-electron chi connectivity index (χ2n) is 3.85. The Morgan fingerprint density at radius 1 is 1.44 bits per heavy atom. The molecule has 0 bridgehead atoms. The SMILES string of the molecule is CCNCc1cnc(OC(C)C(F)(F)F)nc1C. The molecule has 0 saturated heterocycles. The average molecular weight is 263 g/mol. The zero-order valence-electron chi connectivity index (χ0n) is 10.5. The van der Waals surface area contributed by atoms with E-state index in [1.54, 1.807) is 6.92 Å². The van der Waals surface area contributed by atoms with Crippen molar-refractivity contribution in [2.45, 2.75) is 39.6 Å². The molecular formula is C11H16F3N3O. The van der Waals surface area contributed by atoms with Crippen LogP contribution in [0, 0.1) is 6.92 Å². The van der Waals surface area contributed by atoms with E-state index in [1.807, 2.05) is 6.92 Å². The van der Waals surface area contributed by atoms with Crippen molar-refractivity contribution in [3.8, 4) is 6.01 Å². The molecule has 1 N–H and O–H groups in total. The van der Waals surface area contributed by atoms with Crippen LogP contribution in [0.2, 0.25) is 0 Å². The summed E-state index contributed by atoms with van der Waals surface area (Å²) >= 11 is 0. The molecule has 0 fully saturated rings. The predicted molar refractivity (Wildman–Crippen MR) is 60.3 cm³/mol. The molecule has 7 heteroatoms. The third-order valence-corrected chi connectivity index (χ3v) is 2.37. The molecule has 1 heterocycles. The van der Waals surface area contributed by atoms with Crippen molar-refractivity contribution in [2.75, 3.05) is 6.54 Å². The molecule has 0 aromatic carbocycles. The van der Waals surface area contributed by atoms with Crippen LogP contribution in [0.25, 0.3) is 0 Å². The number of rotatable bonds is 5. The van der Waals surface area contributed by atoms with Gasteiger partial charge in [-0.05, 0) is 20.4 Å². The topological polar surface area (TPSA) is 47.0 Å². The molecule has 0 spiro atoms. The Balaban J connectivity index is 2.72. The van der Waals surface area contributed by atoms with Gasteiger partial charge >= 0.3 is 12.2 Å². The highest BCUT2D eigenvalue weighted by atomic mass is 19.4. The number of aryl methyl sites for hydroxylation is 1. The maximum absolute atomic E-state index is 12.3. The number of nitrogens with one attached hydrogen (secondary N) is 1. The normalized spacial score (nSPS) is 13.4. The lowest BCUT2D eigenvalue weighted by Crippen LogP contribution is -2.31. The van der Waals surface area contributed by atoms with Gasteiger partial charge in [0.05, 0.1) is 0 Å². The first-order valence-electron chi connectivity index (χ1n) is 5.61. The third-order valence-electron chi connectivity index (χ3n) is 2.37. The Kier molecular flexibility index (Phi) is 4.89. The molecule has 1 unspecified atom stereocenters. The lowest BCUT2D eigenvalue weighted by molar-refractivity contribution is -0.190. The summed E-state index contributed by atoms with van der Waals surface area (Å²) < 4.78 is 41.5. The van der Waals surface area contributed by atoms with Crippen LogP contribution in [0.5, 0.6) is 6.01 Å². The largest absolute Gasteiger partial charge is 0.451 e. The van der Waals surface area contributed by atoms with Gasteiger partial charge in [0.25, 0.3) is 0 Å². The van der Waals surface area contributed by atoms with E-state index in [0.29, 0.717) is 12.2 Å². The Morgan fingerprint density at radius 2 is 2.11 bits per heavy atom. The summed E-state index contributed by atoms with van der Waals surface area (Å²) in [5, 5.41) is 3.09. The van der Waals surface area contributed by atoms with Crippen molar-refractivity contribution in [1.82, 2.24) is 15.3 Å². The molecule has 0 aliphatic heterocycles. The lowest BCUT2D eigenvalue weighted by Gasteiger charge is -2.16. The molecule has 0 radical (unpaired) electrons. The monoisotopic (exact) mass is 263 g/mol. The minimum Gasteiger partial charge on any atom is -0.451 e. The van der Waals surface area contributed by atoms with Gasteiger partial charge in [-0.1, -0.05) is 6.92 Å². The molecule has 0 aliphatic rings. The predicted octanol–water partition coefficient (Wildman–Crippen LogP) is 2.22. The van der Waals surface area contributed by atoms with Gasteiger partial charge in [0.2, 0.25) is 0 Å². The van der Waals surface area contributed by atoms with Crippen molar-refractivity contribution in [3.63, 3.8) is 0 Å². The zero-order chi connectivity index (χ0) is 13.8. The Hall–Kier alpha value is -1.37. The van der Waals surface area contributed by atoms with Gasteiger partial charge in [-0.15, -0.1) is 0 Å². The number of halogens is 3. The molecule has 0 amide bonds. The highest BCUT2D eigenvalue weighted by Crippen LogP contribution is 2.23. The van der Waals surface area contributed by atoms with E-state index in [-0.39, 0.29) is 6.01 Å². The van der Waals surface area contributed by atoms with E-state index >= 15 is 0 Å². The van der Waals surface area contributed by atoms with Crippen LogP contribution in [-0.4, -0.2) is 28.8 Å². The summed E-state index contributed by atoms with van der Waals surface area (Å²) in [4.78, 5) is 7.68. The first kappa shape index (κ1) is 14.7. The van der Waals surface area contributed by atoms with Gasteiger partial charge in [0, 0.05) is 24.0 Å². The van der Waals surface area contributed by atoms with Gasteiger partial charge in [-0.2, -0.15) is 13.2 Å². The minimum atomic E-state index is -4.42. The molecule has 1 aromatic heterocycles. The van der Waals surface area contributed by atoms with Gasteiger partial charge < -0.3 is 10.1 Å². The third kappa shape index (κ3) is 4.14. The van der Waals surface area contributed by atoms with Crippen LogP contribution in [0.4, 0.5) is 13.2 Å². The fourth-order valence-corrected chi connectivity index (χ4v) is 1.19. The summed E-state index contributed by atoms with van der Waals surface area (Å²) in [5.41, 5.74) is 1.44. The van der Waals surface area contributed by atoms with Crippen LogP contribution in [0.3, 0.4) is 0 Å². The fraction of sp³-hybridized carbons (Fsp3) is 0.636. The molecule has 0 aliphatic carbocycles. The molecule has 4 nitrogen and oxygen atoms in total. The van der Waals surface area contributed by atoms with Crippen molar-refractivity contribution in [3.05, 3.63) is 17.5 Å². The number of aromatic nitrogens is 2. The molecule has 1 atom stereocenters. The summed E-state index contributed by atoms with van der Waals surface area (Å²) in [5.74, 6) is 0. The minimum absolute atomic E-state index is 0.252. The van der Waals surface area contributed by atoms with Crippen LogP contribution in [0.15, 0.2) is 6.20 Å². The van der Waals surface area contributed by atoms with Crippen molar-refractivity contribution in [2.24, 2.45) is 0 Å². The number of nitrogens with zero attached hydrogens (tertiary/aromatic N) is 2. The molecule has 1 aromatic rings. The second-order valence-corrected chi connectivity index (χ2v) is 3.85. The number of ether oxygens (including phenoxy) is 1. The van der Waals surface area contributed by atoms with Crippen LogP contribution in [-0.2, 0) is 6.54 Å². The summed E-state index contributed by atoms with van der Waals surface area (Å²) in [7, 11) is 0. The van der Waals surface area contributed by atoms with E-state index in [2.05, 4.69) is 20.0 Å². The summed E-state index contributed by atoms with van der Waals surface area (Å²) in [6.07, 6.45) is -4.86. The zero-order valence-corrected chi connectivity index (χ0v) is 10.5. The Labute approximate surface area is 104 Å². The number of hydrogen-bond donors (Lipinski definition) is 1.